The van der Waals surface area contributed by atoms with Gasteiger partial charge in [0.2, 0.25) is 0 Å². The van der Waals surface area contributed by atoms with E-state index in [1.165, 1.54) is 54.5 Å². The molecule has 0 aromatic heterocycles. The van der Waals surface area contributed by atoms with Crippen molar-refractivity contribution >= 4 is 23.6 Å². The Morgan fingerprint density at radius 2 is 1.00 bits per heavy atom. The topological polar surface area (TPSA) is 0 Å². The Bertz CT molecular complexity index is 1190. The zero-order valence-electron chi connectivity index (χ0n) is 20.9. The molecule has 0 heterocycles. The lowest BCUT2D eigenvalue weighted by atomic mass is 10.1. The molecule has 0 N–H and O–H groups in total. The van der Waals surface area contributed by atoms with Gasteiger partial charge in [-0.15, -0.1) is 0 Å². The highest BCUT2D eigenvalue weighted by molar-refractivity contribution is 7.16. The van der Waals surface area contributed by atoms with Gasteiger partial charge in [-0.3, -0.25) is 0 Å². The molecular weight excluding hydrogens is 400 g/mol. The molecule has 1 atom stereocenters. The summed E-state index contributed by atoms with van der Waals surface area (Å²) in [5, 5.41) is 6.16. The molecule has 1 heteroatoms. The zero-order valence-corrected chi connectivity index (χ0v) is 21.9. The predicted octanol–water partition coefficient (Wildman–Crippen LogP) is 6.23. The van der Waals surface area contributed by atoms with Gasteiger partial charge in [0.15, 0.2) is 8.07 Å². The van der Waals surface area contributed by atoms with Crippen LogP contribution in [0.4, 0.5) is 0 Å². The number of hydrogen-bond donors (Lipinski definition) is 0. The summed E-state index contributed by atoms with van der Waals surface area (Å²) in [5.41, 5.74) is 9.88. The van der Waals surface area contributed by atoms with Crippen LogP contribution in [-0.2, 0) is 0 Å². The van der Waals surface area contributed by atoms with Gasteiger partial charge in [0.05, 0.1) is 0 Å². The summed E-state index contributed by atoms with van der Waals surface area (Å²) >= 11 is 0. The second kappa shape index (κ2) is 8.37. The van der Waals surface area contributed by atoms with E-state index >= 15 is 0 Å². The van der Waals surface area contributed by atoms with Crippen LogP contribution in [0.5, 0.6) is 0 Å². The largest absolute Gasteiger partial charge is 0.176 e. The predicted molar refractivity (Wildman–Crippen MR) is 143 cm³/mol. The normalized spacial score (nSPS) is 16.8. The summed E-state index contributed by atoms with van der Waals surface area (Å²) in [6, 6.07) is 25.9. The molecule has 0 fully saturated rings. The fraction of sp³-hybridized carbons (Fsp3) is 0.290. The average Bonchev–Trinajstić information content (AvgIpc) is 2.92. The van der Waals surface area contributed by atoms with Gasteiger partial charge in [-0.25, -0.2) is 0 Å². The van der Waals surface area contributed by atoms with E-state index in [4.69, 9.17) is 0 Å². The van der Waals surface area contributed by atoms with Crippen molar-refractivity contribution in [1.82, 2.24) is 0 Å². The van der Waals surface area contributed by atoms with Gasteiger partial charge in [-0.2, -0.15) is 0 Å². The van der Waals surface area contributed by atoms with Gasteiger partial charge in [0.25, 0.3) is 0 Å². The van der Waals surface area contributed by atoms with Gasteiger partial charge in [0, 0.05) is 0 Å². The minimum absolute atomic E-state index is 0.448. The van der Waals surface area contributed by atoms with Crippen LogP contribution in [0.3, 0.4) is 0 Å². The van der Waals surface area contributed by atoms with Crippen LogP contribution < -0.4 is 15.6 Å². The molecule has 0 radical (unpaired) electrons. The molecule has 32 heavy (non-hydrogen) atoms. The van der Waals surface area contributed by atoms with Crippen LogP contribution in [0.2, 0.25) is 0 Å². The molecule has 3 aromatic rings. The van der Waals surface area contributed by atoms with Crippen molar-refractivity contribution in [1.29, 1.82) is 0 Å². The highest BCUT2D eigenvalue weighted by atomic mass is 28.3. The minimum Gasteiger partial charge on any atom is -0.0636 e. The lowest BCUT2D eigenvalue weighted by Gasteiger charge is -2.39. The Balaban J connectivity index is 2.23. The number of rotatable bonds is 4. The van der Waals surface area contributed by atoms with Crippen molar-refractivity contribution in [2.24, 2.45) is 5.92 Å². The Morgan fingerprint density at radius 3 is 1.41 bits per heavy atom. The summed E-state index contributed by atoms with van der Waals surface area (Å²) in [6.45, 7) is 18.4. The smallest absolute Gasteiger partial charge is 0.0636 e. The zero-order chi connectivity index (χ0) is 23.2. The number of benzene rings is 3. The Hall–Kier alpha value is -2.64. The van der Waals surface area contributed by atoms with E-state index in [-0.39, 0.29) is 0 Å². The van der Waals surface area contributed by atoms with E-state index in [2.05, 4.69) is 122 Å². The first-order valence-electron chi connectivity index (χ1n) is 11.8. The van der Waals surface area contributed by atoms with Gasteiger partial charge in [0.1, 0.15) is 0 Å². The maximum atomic E-state index is 2.47. The van der Waals surface area contributed by atoms with Gasteiger partial charge < -0.3 is 0 Å². The number of allylic oxidation sites excluding steroid dienone is 4. The molecule has 4 rings (SSSR count). The fourth-order valence-electron chi connectivity index (χ4n) is 5.88. The molecule has 164 valence electrons. The maximum absolute atomic E-state index is 2.49. The number of aryl methyl sites for hydroxylation is 4. The minimum atomic E-state index is -2.49. The SMILES string of the molecule is CC1=C(C)C(C)C([Si](c2cccc(C)c2)(c2cccc(C)c2)c2cc(C)cc(C)c2)=C1C. The second-order valence-corrected chi connectivity index (χ2v) is 13.7. The Morgan fingerprint density at radius 1 is 0.531 bits per heavy atom. The third kappa shape index (κ3) is 3.53. The van der Waals surface area contributed by atoms with E-state index in [0.717, 1.165) is 0 Å². The van der Waals surface area contributed by atoms with E-state index in [1.54, 1.807) is 5.20 Å². The van der Waals surface area contributed by atoms with Crippen LogP contribution in [0.25, 0.3) is 0 Å². The maximum Gasteiger partial charge on any atom is 0.176 e. The fourth-order valence-corrected chi connectivity index (χ4v) is 11.9. The monoisotopic (exact) mass is 436 g/mol. The molecule has 3 aromatic carbocycles. The summed E-state index contributed by atoms with van der Waals surface area (Å²) < 4.78 is 0. The quantitative estimate of drug-likeness (QED) is 0.336. The molecule has 0 aliphatic heterocycles. The number of hydrogen-bond acceptors (Lipinski definition) is 0. The lowest BCUT2D eigenvalue weighted by molar-refractivity contribution is 0.851. The van der Waals surface area contributed by atoms with E-state index in [0.29, 0.717) is 5.92 Å². The third-order valence-electron chi connectivity index (χ3n) is 7.60. The highest BCUT2D eigenvalue weighted by Gasteiger charge is 2.48. The molecular formula is C31H36Si. The van der Waals surface area contributed by atoms with Crippen molar-refractivity contribution in [2.75, 3.05) is 0 Å². The summed E-state index contributed by atoms with van der Waals surface area (Å²) in [7, 11) is -2.49. The van der Waals surface area contributed by atoms with Crippen LogP contribution in [0, 0.1) is 33.6 Å². The molecule has 0 spiro atoms. The van der Waals surface area contributed by atoms with Gasteiger partial charge in [-0.05, 0) is 75.5 Å². The molecule has 0 saturated heterocycles. The average molecular weight is 437 g/mol. The third-order valence-corrected chi connectivity index (χ3v) is 12.7. The highest BCUT2D eigenvalue weighted by Crippen LogP contribution is 2.41. The molecule has 1 aliphatic carbocycles. The van der Waals surface area contributed by atoms with Crippen molar-refractivity contribution in [3.05, 3.63) is 111 Å². The summed E-state index contributed by atoms with van der Waals surface area (Å²) in [5.74, 6) is 0.448. The first-order valence-corrected chi connectivity index (χ1v) is 13.8. The molecule has 0 saturated carbocycles. The van der Waals surface area contributed by atoms with Crippen molar-refractivity contribution in [3.63, 3.8) is 0 Å². The Kier molecular flexibility index (Phi) is 5.90. The van der Waals surface area contributed by atoms with Gasteiger partial charge >= 0.3 is 0 Å². The van der Waals surface area contributed by atoms with Gasteiger partial charge in [-0.1, -0.05) is 112 Å². The van der Waals surface area contributed by atoms with Crippen molar-refractivity contribution in [3.8, 4) is 0 Å². The van der Waals surface area contributed by atoms with E-state index in [9.17, 15) is 0 Å². The van der Waals surface area contributed by atoms with E-state index < -0.39 is 8.07 Å². The standard InChI is InChI=1S/C31H36Si/c1-20-11-9-13-28(16-20)32(29-14-10-12-21(2)17-29,30-18-22(3)15-23(4)19-30)31-26(7)24(5)25(6)27(31)8/h9-19,26H,1-8H3. The molecule has 0 bridgehead atoms. The first kappa shape index (κ1) is 22.5. The molecule has 1 unspecified atom stereocenters. The summed E-state index contributed by atoms with van der Waals surface area (Å²) in [6.07, 6.45) is 0. The van der Waals surface area contributed by atoms with Crippen molar-refractivity contribution < 1.29 is 0 Å². The second-order valence-electron chi connectivity index (χ2n) is 9.93. The first-order chi connectivity index (χ1) is 15.2. The lowest BCUT2D eigenvalue weighted by Crippen LogP contribution is -2.69. The molecule has 0 amide bonds. The molecule has 1 aliphatic rings. The van der Waals surface area contributed by atoms with Crippen LogP contribution in [0.1, 0.15) is 49.9 Å². The van der Waals surface area contributed by atoms with Crippen LogP contribution in [-0.4, -0.2) is 8.07 Å². The van der Waals surface area contributed by atoms with Crippen LogP contribution >= 0.6 is 0 Å². The summed E-state index contributed by atoms with van der Waals surface area (Å²) in [4.78, 5) is 0. The van der Waals surface area contributed by atoms with Crippen molar-refractivity contribution in [2.45, 2.75) is 55.4 Å². The Labute approximate surface area is 195 Å². The van der Waals surface area contributed by atoms with Crippen LogP contribution in [0.15, 0.2) is 88.6 Å². The molecule has 0 nitrogen and oxygen atoms in total. The van der Waals surface area contributed by atoms with E-state index in [1.807, 2.05) is 0 Å².